The van der Waals surface area contributed by atoms with Crippen molar-refractivity contribution in [1.82, 2.24) is 19.1 Å². The van der Waals surface area contributed by atoms with E-state index in [1.54, 1.807) is 0 Å². The van der Waals surface area contributed by atoms with E-state index >= 15 is 0 Å². The molecule has 0 aliphatic carbocycles. The summed E-state index contributed by atoms with van der Waals surface area (Å²) in [5.41, 5.74) is -3.34. The number of phosphoric acid groups is 3. The molecule has 0 bridgehead atoms. The number of hydrogen-bond acceptors (Lipinski definition) is 15. The zero-order chi connectivity index (χ0) is 42.3. The molecule has 4 unspecified atom stereocenters. The van der Waals surface area contributed by atoms with Crippen molar-refractivity contribution in [3.8, 4) is 24.2 Å². The van der Waals surface area contributed by atoms with E-state index in [2.05, 4.69) is 32.3 Å². The summed E-state index contributed by atoms with van der Waals surface area (Å²) >= 11 is 0. The molecular weight excluding hydrogens is 837 g/mol. The molecule has 320 valence electrons. The molecule has 3 aliphatic heterocycles. The Bertz CT molecular complexity index is 2260. The van der Waals surface area contributed by atoms with Gasteiger partial charge in [-0.05, 0) is 32.6 Å². The molecule has 2 aromatic heterocycles. The predicted molar refractivity (Wildman–Crippen MR) is 197 cm³/mol. The molecule has 5 heterocycles. The van der Waals surface area contributed by atoms with Gasteiger partial charge in [-0.3, -0.25) is 51.3 Å². The monoisotopic (exact) mass is 880 g/mol. The number of aryl methyl sites for hydroxylation is 1. The van der Waals surface area contributed by atoms with Crippen LogP contribution >= 0.6 is 23.5 Å². The summed E-state index contributed by atoms with van der Waals surface area (Å²) in [6.07, 6.45) is 1.45. The van der Waals surface area contributed by atoms with E-state index in [9.17, 15) is 52.4 Å². The topological polar surface area (TPSA) is 316 Å². The van der Waals surface area contributed by atoms with Crippen molar-refractivity contribution in [3.05, 3.63) is 65.2 Å². The lowest BCUT2D eigenvalue weighted by Crippen LogP contribution is -2.33. The molecule has 23 nitrogen and oxygen atoms in total. The molecule has 3 aliphatic rings. The minimum absolute atomic E-state index is 0.121. The van der Waals surface area contributed by atoms with E-state index in [1.165, 1.54) is 13.1 Å². The van der Waals surface area contributed by atoms with Gasteiger partial charge >= 0.3 is 34.8 Å². The van der Waals surface area contributed by atoms with Crippen molar-refractivity contribution in [1.29, 1.82) is 0 Å². The summed E-state index contributed by atoms with van der Waals surface area (Å²) in [6.45, 7) is -0.194. The molecule has 6 N–H and O–H groups in total. The minimum atomic E-state index is -5.23. The van der Waals surface area contributed by atoms with Gasteiger partial charge in [0.25, 0.3) is 11.1 Å². The molecule has 0 saturated carbocycles. The van der Waals surface area contributed by atoms with Crippen molar-refractivity contribution < 1.29 is 70.1 Å². The van der Waals surface area contributed by atoms with Gasteiger partial charge in [-0.15, -0.1) is 12.3 Å². The predicted octanol–water partition coefficient (Wildman–Crippen LogP) is 0.808. The number of aromatic nitrogens is 4. The standard InChI is InChI=1S/C32H43N4O19P3/c1-3-4-5-6-7-8-10-21-16-36(32(40)34-30(21)38)28-14-23(25(52-28)18-49-56(41,42)43)55-58(46,47)51-19-26-24(54-57(44,45)50-17-22-11-9-12-48-22)13-27(53-26)35-15-20(2)29(37)33-31(35)39/h1,15-16,22-28H,4-7,9,11-14,17-19H2,2H3,(H,44,45)(H,46,47)(H,33,37,39)(H,34,38,40)(H2,41,42,43)/t22-,23?,24?,25+,26+,27+,28+/m0/s1. The van der Waals surface area contributed by atoms with Crippen LogP contribution in [0.2, 0.25) is 0 Å². The van der Waals surface area contributed by atoms with Crippen LogP contribution in [-0.2, 0) is 50.5 Å². The molecule has 0 spiro atoms. The molecule has 0 aromatic carbocycles. The van der Waals surface area contributed by atoms with E-state index < -0.39 is 109 Å². The lowest BCUT2D eigenvalue weighted by molar-refractivity contribution is -0.0576. The number of H-pyrrole nitrogens is 2. The van der Waals surface area contributed by atoms with E-state index in [1.807, 2.05) is 0 Å². The molecule has 0 amide bonds. The van der Waals surface area contributed by atoms with E-state index in [0.717, 1.165) is 21.8 Å². The smallest absolute Gasteiger partial charge is 0.376 e. The Labute approximate surface area is 329 Å². The van der Waals surface area contributed by atoms with Crippen LogP contribution < -0.4 is 22.5 Å². The maximum absolute atomic E-state index is 13.4. The molecule has 3 fully saturated rings. The number of hydrogen-bond donors (Lipinski definition) is 6. The van der Waals surface area contributed by atoms with Crippen molar-refractivity contribution in [2.45, 2.75) is 101 Å². The molecule has 2 aromatic rings. The zero-order valence-corrected chi connectivity index (χ0v) is 33.6. The summed E-state index contributed by atoms with van der Waals surface area (Å²) < 4.78 is 82.4. The number of nitrogens with zero attached hydrogens (tertiary/aromatic N) is 2. The number of nitrogens with one attached hydrogen (secondary N) is 2. The van der Waals surface area contributed by atoms with Crippen molar-refractivity contribution >= 4 is 23.5 Å². The first kappa shape index (κ1) is 45.8. The fourth-order valence-electron chi connectivity index (χ4n) is 6.15. The summed E-state index contributed by atoms with van der Waals surface area (Å²) in [5.74, 6) is 7.98. The Kier molecular flexibility index (Phi) is 15.7. The molecule has 3 saturated heterocycles. The van der Waals surface area contributed by atoms with Crippen LogP contribution in [0.3, 0.4) is 0 Å². The first-order chi connectivity index (χ1) is 27.3. The summed E-state index contributed by atoms with van der Waals surface area (Å²) in [5, 5.41) is 0. The fourth-order valence-corrected chi connectivity index (χ4v) is 8.43. The molecule has 5 rings (SSSR count). The number of unbranched alkanes of at least 4 members (excludes halogenated alkanes) is 3. The van der Waals surface area contributed by atoms with Crippen LogP contribution in [0, 0.1) is 31.1 Å². The number of phosphoric ester groups is 3. The van der Waals surface area contributed by atoms with Crippen LogP contribution in [0.1, 0.15) is 74.9 Å². The first-order valence-electron chi connectivity index (χ1n) is 17.9. The highest BCUT2D eigenvalue weighted by Crippen LogP contribution is 2.52. The van der Waals surface area contributed by atoms with Gasteiger partial charge in [0, 0.05) is 50.2 Å². The van der Waals surface area contributed by atoms with Gasteiger partial charge in [-0.2, -0.15) is 0 Å². The average Bonchev–Trinajstić information content (AvgIpc) is 3.90. The highest BCUT2D eigenvalue weighted by atomic mass is 31.2. The SMILES string of the molecule is C#CCCCCC#Cc1cn([C@H]2CC(OP(=O)(O)OC[C@H]3O[C@@H](n4cc(C)c(=O)[nH]c4=O)CC3OP(=O)(O)OC[C@@H]3CCCO3)[C@@H](COP(=O)(O)O)O2)c(=O)[nH]c1=O. The number of ether oxygens (including phenoxy) is 3. The molecule has 26 heteroatoms. The highest BCUT2D eigenvalue weighted by Gasteiger charge is 2.46. The average molecular weight is 881 g/mol. The number of aromatic amines is 2. The minimum Gasteiger partial charge on any atom is -0.376 e. The second kappa shape index (κ2) is 19.8. The largest absolute Gasteiger partial charge is 0.472 e. The van der Waals surface area contributed by atoms with E-state index in [-0.39, 0.29) is 24.2 Å². The zero-order valence-electron chi connectivity index (χ0n) is 30.9. The van der Waals surface area contributed by atoms with Gasteiger partial charge in [0.15, 0.2) is 0 Å². The third-order valence-electron chi connectivity index (χ3n) is 8.98. The Morgan fingerprint density at radius 3 is 1.93 bits per heavy atom. The van der Waals surface area contributed by atoms with Gasteiger partial charge in [-0.1, -0.05) is 11.8 Å². The van der Waals surface area contributed by atoms with Crippen LogP contribution in [0.5, 0.6) is 0 Å². The molecule has 9 atom stereocenters. The van der Waals surface area contributed by atoms with Crippen LogP contribution in [0.25, 0.3) is 0 Å². The summed E-state index contributed by atoms with van der Waals surface area (Å²) in [6, 6.07) is 0. The number of terminal acetylenes is 1. The summed E-state index contributed by atoms with van der Waals surface area (Å²) in [4.78, 5) is 94.1. The summed E-state index contributed by atoms with van der Waals surface area (Å²) in [7, 11) is -15.2. The number of rotatable bonds is 18. The third-order valence-corrected chi connectivity index (χ3v) is 11.5. The van der Waals surface area contributed by atoms with Crippen molar-refractivity contribution in [2.75, 3.05) is 26.4 Å². The molecule has 58 heavy (non-hydrogen) atoms. The normalized spacial score (nSPS) is 26.7. The van der Waals surface area contributed by atoms with Gasteiger partial charge in [-0.25, -0.2) is 23.3 Å². The molecule has 0 radical (unpaired) electrons. The van der Waals surface area contributed by atoms with Gasteiger partial charge in [0.05, 0.1) is 25.9 Å². The Hall–Kier alpha value is -3.31. The second-order valence-corrected chi connectivity index (χ2v) is 17.4. The third kappa shape index (κ3) is 13.1. The maximum Gasteiger partial charge on any atom is 0.472 e. The first-order valence-corrected chi connectivity index (χ1v) is 22.4. The second-order valence-electron chi connectivity index (χ2n) is 13.4. The quantitative estimate of drug-likeness (QED) is 0.0685. The van der Waals surface area contributed by atoms with Crippen LogP contribution in [0.4, 0.5) is 0 Å². The Morgan fingerprint density at radius 2 is 1.36 bits per heavy atom. The Morgan fingerprint density at radius 1 is 0.810 bits per heavy atom. The van der Waals surface area contributed by atoms with Gasteiger partial charge in [0.2, 0.25) is 0 Å². The van der Waals surface area contributed by atoms with Crippen LogP contribution in [-0.4, -0.2) is 95.6 Å². The Balaban J connectivity index is 1.32. The van der Waals surface area contributed by atoms with Gasteiger partial charge in [0.1, 0.15) is 42.4 Å². The van der Waals surface area contributed by atoms with E-state index in [0.29, 0.717) is 38.7 Å². The molecular formula is C32H43N4O19P3. The maximum atomic E-state index is 13.4. The lowest BCUT2D eigenvalue weighted by atomic mass is 10.2. The highest BCUT2D eigenvalue weighted by molar-refractivity contribution is 7.47. The van der Waals surface area contributed by atoms with Crippen molar-refractivity contribution in [3.63, 3.8) is 0 Å². The van der Waals surface area contributed by atoms with Gasteiger partial charge < -0.3 is 33.8 Å². The van der Waals surface area contributed by atoms with Crippen LogP contribution in [0.15, 0.2) is 31.6 Å². The fraction of sp³-hybridized carbons (Fsp3) is 0.625. The van der Waals surface area contributed by atoms with E-state index in [4.69, 9.17) is 38.7 Å². The van der Waals surface area contributed by atoms with Crippen molar-refractivity contribution in [2.24, 2.45) is 0 Å². The lowest BCUT2D eigenvalue weighted by Gasteiger charge is -2.24.